The summed E-state index contributed by atoms with van der Waals surface area (Å²) in [5, 5.41) is 12.3. The molecule has 2 atom stereocenters. The van der Waals surface area contributed by atoms with Gasteiger partial charge in [-0.1, -0.05) is 181 Å². The molecular formula is C61H49N7O8S4. The lowest BCUT2D eigenvalue weighted by Crippen LogP contribution is -2.71. The van der Waals surface area contributed by atoms with E-state index in [9.17, 15) is 19.2 Å². The van der Waals surface area contributed by atoms with Gasteiger partial charge in [0.1, 0.15) is 40.7 Å². The predicted molar refractivity (Wildman–Crippen MR) is 311 cm³/mol. The van der Waals surface area contributed by atoms with Crippen molar-refractivity contribution in [3.05, 3.63) is 250 Å². The molecule has 15 nitrogen and oxygen atoms in total. The summed E-state index contributed by atoms with van der Waals surface area (Å²) in [5.74, 6) is -1.44. The lowest BCUT2D eigenvalue weighted by Gasteiger charge is -2.49. The van der Waals surface area contributed by atoms with E-state index in [1.807, 2.05) is 164 Å². The Hall–Kier alpha value is -8.62. The first-order chi connectivity index (χ1) is 39.2. The molecule has 1 unspecified atom stereocenters. The third-order valence-electron chi connectivity index (χ3n) is 13.2. The van der Waals surface area contributed by atoms with Crippen molar-refractivity contribution in [1.82, 2.24) is 25.2 Å². The van der Waals surface area contributed by atoms with E-state index in [1.54, 1.807) is 43.0 Å². The quantitative estimate of drug-likeness (QED) is 0.0173. The third kappa shape index (κ3) is 11.6. The lowest BCUT2D eigenvalue weighted by atomic mass is 9.77. The fourth-order valence-corrected chi connectivity index (χ4v) is 13.6. The van der Waals surface area contributed by atoms with Gasteiger partial charge in [0.05, 0.1) is 11.8 Å². The zero-order chi connectivity index (χ0) is 54.8. The first-order valence-corrected chi connectivity index (χ1v) is 29.0. The Morgan fingerprint density at radius 3 is 1.99 bits per heavy atom. The Morgan fingerprint density at radius 1 is 0.775 bits per heavy atom. The number of nitrogens with one attached hydrogen (secondary N) is 2. The summed E-state index contributed by atoms with van der Waals surface area (Å²) in [6, 6.07) is 58.4. The second kappa shape index (κ2) is 24.6. The van der Waals surface area contributed by atoms with Crippen LogP contribution < -0.4 is 15.4 Å². The van der Waals surface area contributed by atoms with E-state index in [0.717, 1.165) is 42.4 Å². The number of carbonyl (C=O) groups excluding carboxylic acids is 4. The molecule has 19 heteroatoms. The van der Waals surface area contributed by atoms with E-state index in [4.69, 9.17) is 24.0 Å². The highest BCUT2D eigenvalue weighted by atomic mass is 32.2. The topological polar surface area (TPSA) is 184 Å². The van der Waals surface area contributed by atoms with Gasteiger partial charge in [0.2, 0.25) is 6.61 Å². The molecular weight excluding hydrogens is 1090 g/mol. The molecule has 2 aliphatic rings. The number of nitrogens with zero attached hydrogens (tertiary/aromatic N) is 5. The number of pyridine rings is 1. The smallest absolute Gasteiger partial charge is 0.355 e. The van der Waals surface area contributed by atoms with Crippen molar-refractivity contribution in [2.75, 3.05) is 30.5 Å². The van der Waals surface area contributed by atoms with Gasteiger partial charge in [0.25, 0.3) is 11.8 Å². The number of thioether (sulfide) groups is 2. The Morgan fingerprint density at radius 2 is 1.39 bits per heavy atom. The number of carbonyl (C=O) groups is 4. The number of esters is 2. The summed E-state index contributed by atoms with van der Waals surface area (Å²) in [6.07, 6.45) is 0.932. The first kappa shape index (κ1) is 53.4. The molecule has 2 amide bonds. The fraction of sp³-hybridized carbons (Fsp3) is 0.148. The molecule has 1 fully saturated rings. The van der Waals surface area contributed by atoms with Crippen molar-refractivity contribution < 1.29 is 38.2 Å². The molecule has 2 N–H and O–H groups in total. The maximum Gasteiger partial charge on any atom is 0.355 e. The maximum atomic E-state index is 14.9. The fourth-order valence-electron chi connectivity index (χ4n) is 9.38. The van der Waals surface area contributed by atoms with Gasteiger partial charge in [-0.2, -0.15) is 0 Å². The van der Waals surface area contributed by atoms with Crippen molar-refractivity contribution in [3.63, 3.8) is 0 Å². The van der Waals surface area contributed by atoms with Gasteiger partial charge < -0.3 is 29.7 Å². The molecule has 0 bridgehead atoms. The number of ether oxygens (including phenoxy) is 3. The van der Waals surface area contributed by atoms with Crippen LogP contribution in [0, 0.1) is 0 Å². The van der Waals surface area contributed by atoms with Crippen molar-refractivity contribution in [2.45, 2.75) is 34.0 Å². The zero-order valence-electron chi connectivity index (χ0n) is 42.7. The largest absolute Gasteiger partial charge is 0.497 e. The predicted octanol–water partition coefficient (Wildman–Crippen LogP) is 10.8. The highest BCUT2D eigenvalue weighted by molar-refractivity contribution is 8.02. The standard InChI is InChI=1S/C61H49N7O8S4/c1-73-46-31-29-39(30-32-46)34-74-58(72)52-42(37-79-60-65-54-48(80-60)28-17-33-62-54)36-77-57-51(56(71)68(52)57)64-55(70)50(67-75-35-49(69)76-53(40-18-7-2-8-19-40)41-20-9-3-10-21-41)47-38-78-59(63-47)66-61(43-22-11-4-12-23-43,44-24-13-5-14-25-44)45-26-15-6-16-27-45/h2-33,38,51,53,57H,34-37H2,1H3,(H,63,66)(H,64,70)/b67-50+/t51?,57-/m1/s1. The number of methoxy groups -OCH3 is 1. The molecule has 0 spiro atoms. The minimum Gasteiger partial charge on any atom is -0.497 e. The van der Waals surface area contributed by atoms with Crippen LogP contribution in [0.15, 0.2) is 220 Å². The number of β-lactam (4-membered cyclic amide) rings is 1. The average Bonchev–Trinajstić information content (AvgIpc) is 4.30. The highest BCUT2D eigenvalue weighted by Crippen LogP contribution is 2.44. The molecule has 400 valence electrons. The summed E-state index contributed by atoms with van der Waals surface area (Å²) in [6.45, 7) is -0.729. The summed E-state index contributed by atoms with van der Waals surface area (Å²) in [4.78, 5) is 78.5. The summed E-state index contributed by atoms with van der Waals surface area (Å²) < 4.78 is 18.9. The van der Waals surface area contributed by atoms with Gasteiger partial charge in [0, 0.05) is 23.1 Å². The lowest BCUT2D eigenvalue weighted by molar-refractivity contribution is -0.153. The van der Waals surface area contributed by atoms with Crippen LogP contribution in [0.5, 0.6) is 5.75 Å². The second-order valence-electron chi connectivity index (χ2n) is 18.2. The molecule has 3 aromatic heterocycles. The Labute approximate surface area is 477 Å². The Bertz CT molecular complexity index is 3530. The van der Waals surface area contributed by atoms with Crippen LogP contribution in [0.25, 0.3) is 10.3 Å². The number of hydrogen-bond donors (Lipinski definition) is 2. The van der Waals surface area contributed by atoms with Gasteiger partial charge in [-0.25, -0.2) is 24.5 Å². The van der Waals surface area contributed by atoms with Crippen LogP contribution in [0.4, 0.5) is 5.13 Å². The van der Waals surface area contributed by atoms with Crippen LogP contribution in [0.3, 0.4) is 0 Å². The SMILES string of the molecule is COc1ccc(COC(=O)C2=C(CSc3nc4ncccc4s3)CS[C@@H]3C(NC(=O)/C(=N/OCC(=O)OC(c4ccccc4)c4ccccc4)c4csc(NC(c5ccccc5)(c5ccccc5)c5ccccc5)n4)C(=O)N23)cc1. The number of fused-ring (bicyclic) bond motifs is 2. The Kier molecular flexibility index (Phi) is 16.4. The van der Waals surface area contributed by atoms with E-state index in [2.05, 4.69) is 25.8 Å². The molecule has 0 aliphatic carbocycles. The van der Waals surface area contributed by atoms with Crippen LogP contribution in [-0.4, -0.2) is 86.0 Å². The maximum absolute atomic E-state index is 14.9. The summed E-state index contributed by atoms with van der Waals surface area (Å²) >= 11 is 5.57. The first-order valence-electron chi connectivity index (χ1n) is 25.3. The monoisotopic (exact) mass is 1140 g/mol. The zero-order valence-corrected chi connectivity index (χ0v) is 46.0. The second-order valence-corrected chi connectivity index (χ2v) is 22.5. The third-order valence-corrected chi connectivity index (χ3v) is 17.6. The van der Waals surface area contributed by atoms with Crippen molar-refractivity contribution in [3.8, 4) is 5.75 Å². The molecule has 2 aliphatic heterocycles. The number of hydrogen-bond acceptors (Lipinski definition) is 17. The number of oxime groups is 1. The van der Waals surface area contributed by atoms with Crippen molar-refractivity contribution >= 4 is 91.1 Å². The number of benzene rings is 6. The minimum atomic E-state index is -1.10. The number of aromatic nitrogens is 3. The summed E-state index contributed by atoms with van der Waals surface area (Å²) in [7, 11) is 1.57. The van der Waals surface area contributed by atoms with Crippen LogP contribution in [0.2, 0.25) is 0 Å². The van der Waals surface area contributed by atoms with Gasteiger partial charge in [-0.15, -0.1) is 34.4 Å². The molecule has 0 radical (unpaired) electrons. The van der Waals surface area contributed by atoms with E-state index >= 15 is 0 Å². The molecule has 0 saturated carbocycles. The molecule has 5 heterocycles. The number of amides is 2. The average molecular weight is 1140 g/mol. The number of thiazole rings is 2. The molecule has 9 aromatic rings. The Balaban J connectivity index is 0.885. The molecule has 80 heavy (non-hydrogen) atoms. The van der Waals surface area contributed by atoms with Gasteiger partial charge in [-0.3, -0.25) is 14.5 Å². The highest BCUT2D eigenvalue weighted by Gasteiger charge is 2.55. The minimum absolute atomic E-state index is 0.0590. The normalized spacial score (nSPS) is 15.2. The van der Waals surface area contributed by atoms with E-state index in [-0.39, 0.29) is 23.7 Å². The number of anilines is 1. The van der Waals surface area contributed by atoms with E-state index in [1.165, 1.54) is 51.1 Å². The molecule has 6 aromatic carbocycles. The van der Waals surface area contributed by atoms with Crippen LogP contribution in [0.1, 0.15) is 45.2 Å². The van der Waals surface area contributed by atoms with Crippen LogP contribution >= 0.6 is 46.2 Å². The molecule has 11 rings (SSSR count). The van der Waals surface area contributed by atoms with Gasteiger partial charge >= 0.3 is 11.9 Å². The molecule has 1 saturated heterocycles. The van der Waals surface area contributed by atoms with Crippen molar-refractivity contribution in [2.24, 2.45) is 5.16 Å². The van der Waals surface area contributed by atoms with Gasteiger partial charge in [-0.05, 0) is 63.2 Å². The van der Waals surface area contributed by atoms with E-state index in [0.29, 0.717) is 33.6 Å². The number of rotatable bonds is 21. The van der Waals surface area contributed by atoms with Crippen molar-refractivity contribution in [1.29, 1.82) is 0 Å². The summed E-state index contributed by atoms with van der Waals surface area (Å²) in [5.41, 5.74) is 5.24. The van der Waals surface area contributed by atoms with Gasteiger partial charge in [0.15, 0.2) is 26.9 Å². The van der Waals surface area contributed by atoms with Crippen LogP contribution in [-0.2, 0) is 45.6 Å². The van der Waals surface area contributed by atoms with E-state index < -0.39 is 53.4 Å².